The fourth-order valence-corrected chi connectivity index (χ4v) is 1.79. The van der Waals surface area contributed by atoms with Crippen LogP contribution in [0.5, 0.6) is 5.75 Å². The third-order valence-corrected chi connectivity index (χ3v) is 3.34. The molecule has 68 valence electrons. The van der Waals surface area contributed by atoms with Gasteiger partial charge in [0.05, 0.1) is 0 Å². The largest absolute Gasteiger partial charge is 0.548 e. The summed E-state index contributed by atoms with van der Waals surface area (Å²) in [5.74, 6) is 0.947. The molecule has 0 bridgehead atoms. The van der Waals surface area contributed by atoms with Crippen LogP contribution in [-0.2, 0) is 0 Å². The van der Waals surface area contributed by atoms with Crippen LogP contribution in [0, 0.1) is 0 Å². The quantitative estimate of drug-likeness (QED) is 0.511. The molecule has 0 amide bonds. The lowest BCUT2D eigenvalue weighted by atomic mass is 10.3. The van der Waals surface area contributed by atoms with Crippen molar-refractivity contribution in [2.24, 2.45) is 0 Å². The summed E-state index contributed by atoms with van der Waals surface area (Å²) in [5.41, 5.74) is 0.361. The van der Waals surface area contributed by atoms with Gasteiger partial charge in [-0.1, -0.05) is 30.4 Å². The summed E-state index contributed by atoms with van der Waals surface area (Å²) < 4.78 is 5.65. The van der Waals surface area contributed by atoms with Gasteiger partial charge in [0, 0.05) is 5.54 Å². The van der Waals surface area contributed by atoms with Crippen molar-refractivity contribution >= 4 is 9.76 Å². The maximum Gasteiger partial charge on any atom is 0.230 e. The highest BCUT2D eigenvalue weighted by Gasteiger charge is 2.00. The fraction of sp³-hybridized carbons (Fsp3) is 0.0909. The Morgan fingerprint density at radius 3 is 2.31 bits per heavy atom. The Morgan fingerprint density at radius 1 is 1.15 bits per heavy atom. The van der Waals surface area contributed by atoms with Gasteiger partial charge in [-0.15, -0.1) is 13.2 Å². The van der Waals surface area contributed by atoms with E-state index in [1.165, 1.54) is 0 Å². The molecule has 0 unspecified atom stereocenters. The van der Waals surface area contributed by atoms with Crippen LogP contribution in [-0.4, -0.2) is 9.76 Å². The standard InChI is InChI=1S/C11H14OSi/c1-3-11(4-2)13-12-10-8-6-5-7-9-10/h3-9,11H,1-2,13H2. The first-order valence-electron chi connectivity index (χ1n) is 4.29. The average molecular weight is 190 g/mol. The van der Waals surface area contributed by atoms with Crippen molar-refractivity contribution in [3.05, 3.63) is 55.6 Å². The zero-order valence-electron chi connectivity index (χ0n) is 7.65. The molecular weight excluding hydrogens is 176 g/mol. The number of benzene rings is 1. The Balaban J connectivity index is 2.42. The van der Waals surface area contributed by atoms with Crippen LogP contribution >= 0.6 is 0 Å². The lowest BCUT2D eigenvalue weighted by Crippen LogP contribution is -2.06. The van der Waals surface area contributed by atoms with E-state index in [4.69, 9.17) is 4.43 Å². The average Bonchev–Trinajstić information content (AvgIpc) is 2.21. The first-order valence-corrected chi connectivity index (χ1v) is 5.69. The highest BCUT2D eigenvalue weighted by molar-refractivity contribution is 6.32. The van der Waals surface area contributed by atoms with Crippen LogP contribution in [0.25, 0.3) is 0 Å². The van der Waals surface area contributed by atoms with E-state index in [1.807, 2.05) is 42.5 Å². The summed E-state index contributed by atoms with van der Waals surface area (Å²) in [6, 6.07) is 9.86. The molecule has 1 rings (SSSR count). The van der Waals surface area contributed by atoms with Gasteiger partial charge in [0.1, 0.15) is 5.75 Å². The first-order chi connectivity index (χ1) is 6.36. The van der Waals surface area contributed by atoms with Gasteiger partial charge in [0.25, 0.3) is 0 Å². The number of hydrogen-bond acceptors (Lipinski definition) is 1. The maximum atomic E-state index is 5.65. The minimum absolute atomic E-state index is 0.361. The molecule has 0 fully saturated rings. The van der Waals surface area contributed by atoms with Gasteiger partial charge in [-0.25, -0.2) is 0 Å². The molecule has 0 aliphatic rings. The lowest BCUT2D eigenvalue weighted by Gasteiger charge is -2.08. The van der Waals surface area contributed by atoms with Crippen LogP contribution in [0.4, 0.5) is 0 Å². The van der Waals surface area contributed by atoms with E-state index in [0.29, 0.717) is 5.54 Å². The number of para-hydroxylation sites is 1. The Morgan fingerprint density at radius 2 is 1.77 bits per heavy atom. The molecule has 0 heterocycles. The van der Waals surface area contributed by atoms with Gasteiger partial charge in [-0.3, -0.25) is 0 Å². The summed E-state index contributed by atoms with van der Waals surface area (Å²) >= 11 is 0. The van der Waals surface area contributed by atoms with Gasteiger partial charge in [-0.05, 0) is 12.1 Å². The molecule has 1 aromatic carbocycles. The second kappa shape index (κ2) is 5.38. The zero-order chi connectivity index (χ0) is 9.52. The van der Waals surface area contributed by atoms with Gasteiger partial charge in [0.15, 0.2) is 0 Å². The van der Waals surface area contributed by atoms with E-state index < -0.39 is 9.76 Å². The molecule has 13 heavy (non-hydrogen) atoms. The van der Waals surface area contributed by atoms with Crippen LogP contribution in [0.2, 0.25) is 5.54 Å². The van der Waals surface area contributed by atoms with Crippen molar-refractivity contribution in [2.75, 3.05) is 0 Å². The van der Waals surface area contributed by atoms with Gasteiger partial charge >= 0.3 is 0 Å². The van der Waals surface area contributed by atoms with Crippen LogP contribution in [0.15, 0.2) is 55.6 Å². The van der Waals surface area contributed by atoms with E-state index in [0.717, 1.165) is 5.75 Å². The first kappa shape index (κ1) is 9.80. The Labute approximate surface area is 81.7 Å². The molecule has 0 aliphatic heterocycles. The summed E-state index contributed by atoms with van der Waals surface area (Å²) in [4.78, 5) is 0. The monoisotopic (exact) mass is 190 g/mol. The molecule has 0 saturated heterocycles. The van der Waals surface area contributed by atoms with E-state index in [2.05, 4.69) is 13.2 Å². The number of allylic oxidation sites excluding steroid dienone is 2. The third-order valence-electron chi connectivity index (χ3n) is 1.79. The summed E-state index contributed by atoms with van der Waals surface area (Å²) in [7, 11) is -0.609. The Bertz CT molecular complexity index is 261. The van der Waals surface area contributed by atoms with Crippen LogP contribution < -0.4 is 4.43 Å². The fourth-order valence-electron chi connectivity index (χ4n) is 0.941. The molecule has 0 atom stereocenters. The molecule has 0 aromatic heterocycles. The van der Waals surface area contributed by atoms with Gasteiger partial charge < -0.3 is 4.43 Å². The highest BCUT2D eigenvalue weighted by atomic mass is 28.2. The smallest absolute Gasteiger partial charge is 0.230 e. The minimum Gasteiger partial charge on any atom is -0.548 e. The van der Waals surface area contributed by atoms with Crippen molar-refractivity contribution in [3.8, 4) is 5.75 Å². The molecule has 2 heteroatoms. The molecule has 0 N–H and O–H groups in total. The molecule has 1 aromatic rings. The SMILES string of the molecule is C=CC(C=C)[SiH2]Oc1ccccc1. The van der Waals surface area contributed by atoms with E-state index in [9.17, 15) is 0 Å². The molecule has 0 aliphatic carbocycles. The maximum absolute atomic E-state index is 5.65. The topological polar surface area (TPSA) is 9.23 Å². The summed E-state index contributed by atoms with van der Waals surface area (Å²) in [5, 5.41) is 0. The van der Waals surface area contributed by atoms with Crippen molar-refractivity contribution in [3.63, 3.8) is 0 Å². The predicted octanol–water partition coefficient (Wildman–Crippen LogP) is 2.31. The third kappa shape index (κ3) is 3.30. The van der Waals surface area contributed by atoms with Crippen LogP contribution in [0.3, 0.4) is 0 Å². The molecule has 1 nitrogen and oxygen atoms in total. The predicted molar refractivity (Wildman–Crippen MR) is 59.8 cm³/mol. The van der Waals surface area contributed by atoms with Crippen molar-refractivity contribution in [2.45, 2.75) is 5.54 Å². The van der Waals surface area contributed by atoms with Crippen molar-refractivity contribution in [1.82, 2.24) is 0 Å². The minimum atomic E-state index is -0.609. The second-order valence-corrected chi connectivity index (χ2v) is 4.32. The number of hydrogen-bond donors (Lipinski definition) is 0. The molecule has 0 spiro atoms. The normalized spacial score (nSPS) is 10.5. The van der Waals surface area contributed by atoms with Crippen molar-refractivity contribution in [1.29, 1.82) is 0 Å². The Kier molecular flexibility index (Phi) is 4.06. The highest BCUT2D eigenvalue weighted by Crippen LogP contribution is 2.11. The van der Waals surface area contributed by atoms with Gasteiger partial charge in [-0.2, -0.15) is 0 Å². The summed E-state index contributed by atoms with van der Waals surface area (Å²) in [6.45, 7) is 7.46. The van der Waals surface area contributed by atoms with Gasteiger partial charge in [0.2, 0.25) is 9.76 Å². The van der Waals surface area contributed by atoms with E-state index in [-0.39, 0.29) is 0 Å². The molecule has 0 saturated carbocycles. The molecule has 0 radical (unpaired) electrons. The van der Waals surface area contributed by atoms with Crippen molar-refractivity contribution < 1.29 is 4.43 Å². The second-order valence-electron chi connectivity index (χ2n) is 2.76. The Hall–Kier alpha value is -1.28. The zero-order valence-corrected chi connectivity index (χ0v) is 9.06. The number of rotatable bonds is 5. The molecular formula is C11H14OSi. The van der Waals surface area contributed by atoms with Crippen LogP contribution in [0.1, 0.15) is 0 Å². The van der Waals surface area contributed by atoms with E-state index >= 15 is 0 Å². The lowest BCUT2D eigenvalue weighted by molar-refractivity contribution is 0.590. The summed E-state index contributed by atoms with van der Waals surface area (Å²) in [6.07, 6.45) is 3.78. The van der Waals surface area contributed by atoms with E-state index in [1.54, 1.807) is 0 Å².